The average Bonchev–Trinajstić information content (AvgIpc) is 2.15. The first kappa shape index (κ1) is 12.7. The molecule has 0 N–H and O–H groups in total. The Kier molecular flexibility index (Phi) is 3.94. The first-order valence-corrected chi connectivity index (χ1v) is 5.64. The lowest BCUT2D eigenvalue weighted by molar-refractivity contribution is -0.138. The van der Waals surface area contributed by atoms with Crippen molar-refractivity contribution in [3.05, 3.63) is 34.9 Å². The van der Waals surface area contributed by atoms with Crippen LogP contribution in [0, 0.1) is 0 Å². The van der Waals surface area contributed by atoms with Crippen LogP contribution in [0.15, 0.2) is 18.2 Å². The maximum absolute atomic E-state index is 12.6. The van der Waals surface area contributed by atoms with Gasteiger partial charge in [-0.3, -0.25) is 4.79 Å². The van der Waals surface area contributed by atoms with Gasteiger partial charge in [0.1, 0.15) is 6.29 Å². The first-order valence-electron chi connectivity index (χ1n) is 3.80. The van der Waals surface area contributed by atoms with Crippen LogP contribution in [0.2, 0.25) is 0 Å². The Hall–Kier alpha value is -0.360. The predicted molar refractivity (Wildman–Crippen MR) is 57.4 cm³/mol. The van der Waals surface area contributed by atoms with Crippen molar-refractivity contribution < 1.29 is 18.0 Å². The summed E-state index contributed by atoms with van der Waals surface area (Å²) in [6.45, 7) is 0. The lowest BCUT2D eigenvalue weighted by Gasteiger charge is -2.14. The van der Waals surface area contributed by atoms with Gasteiger partial charge in [0.2, 0.25) is 0 Å². The van der Waals surface area contributed by atoms with Crippen LogP contribution in [-0.2, 0) is 6.18 Å². The van der Waals surface area contributed by atoms with Gasteiger partial charge in [-0.2, -0.15) is 13.2 Å². The molecule has 0 saturated heterocycles. The van der Waals surface area contributed by atoms with E-state index in [2.05, 4.69) is 31.9 Å². The van der Waals surface area contributed by atoms with Crippen LogP contribution in [0.1, 0.15) is 25.2 Å². The molecule has 1 aromatic carbocycles. The van der Waals surface area contributed by atoms with Gasteiger partial charge in [0.05, 0.1) is 9.30 Å². The third-order valence-corrected chi connectivity index (χ3v) is 2.74. The van der Waals surface area contributed by atoms with Crippen molar-refractivity contribution in [2.75, 3.05) is 0 Å². The molecular formula is C9H5Br2F3O. The van der Waals surface area contributed by atoms with Crippen molar-refractivity contribution in [2.45, 2.75) is 9.91 Å². The van der Waals surface area contributed by atoms with Crippen LogP contribution in [0.25, 0.3) is 0 Å². The molecule has 0 radical (unpaired) electrons. The van der Waals surface area contributed by atoms with E-state index in [1.54, 1.807) is 0 Å². The second kappa shape index (κ2) is 4.65. The van der Waals surface area contributed by atoms with Crippen molar-refractivity contribution in [1.29, 1.82) is 0 Å². The fourth-order valence-electron chi connectivity index (χ4n) is 1.08. The average molecular weight is 346 g/mol. The SMILES string of the molecule is O=Cc1ccc(C(Br)Br)c(C(F)(F)F)c1. The van der Waals surface area contributed by atoms with E-state index in [-0.39, 0.29) is 11.1 Å². The summed E-state index contributed by atoms with van der Waals surface area (Å²) in [5.74, 6) is 0. The van der Waals surface area contributed by atoms with Gasteiger partial charge in [0, 0.05) is 5.56 Å². The lowest BCUT2D eigenvalue weighted by atomic mass is 10.1. The molecular weight excluding hydrogens is 341 g/mol. The number of carbonyl (C=O) groups is 1. The van der Waals surface area contributed by atoms with Crippen LogP contribution in [0.4, 0.5) is 13.2 Å². The maximum atomic E-state index is 12.6. The highest BCUT2D eigenvalue weighted by Gasteiger charge is 2.34. The Bertz CT molecular complexity index is 374. The van der Waals surface area contributed by atoms with E-state index in [4.69, 9.17) is 0 Å². The number of alkyl halides is 5. The fourth-order valence-corrected chi connectivity index (χ4v) is 1.88. The Morgan fingerprint density at radius 3 is 2.27 bits per heavy atom. The monoisotopic (exact) mass is 344 g/mol. The van der Waals surface area contributed by atoms with Crippen molar-refractivity contribution in [3.8, 4) is 0 Å². The van der Waals surface area contributed by atoms with Gasteiger partial charge in [-0.15, -0.1) is 0 Å². The van der Waals surface area contributed by atoms with Crippen LogP contribution in [-0.4, -0.2) is 6.29 Å². The van der Waals surface area contributed by atoms with Gasteiger partial charge in [-0.05, 0) is 11.6 Å². The van der Waals surface area contributed by atoms with E-state index in [9.17, 15) is 18.0 Å². The molecule has 0 aliphatic heterocycles. The Balaban J connectivity index is 3.35. The third-order valence-electron chi connectivity index (χ3n) is 1.75. The van der Waals surface area contributed by atoms with Crippen LogP contribution < -0.4 is 0 Å². The molecule has 0 aliphatic carbocycles. The summed E-state index contributed by atoms with van der Waals surface area (Å²) in [5.41, 5.74) is -0.759. The number of rotatable bonds is 2. The number of benzene rings is 1. The molecule has 82 valence electrons. The summed E-state index contributed by atoms with van der Waals surface area (Å²) in [6.07, 6.45) is -4.08. The highest BCUT2D eigenvalue weighted by molar-refractivity contribution is 9.24. The molecule has 0 amide bonds. The van der Waals surface area contributed by atoms with Crippen molar-refractivity contribution in [1.82, 2.24) is 0 Å². The van der Waals surface area contributed by atoms with Crippen molar-refractivity contribution in [2.24, 2.45) is 0 Å². The van der Waals surface area contributed by atoms with E-state index < -0.39 is 15.5 Å². The number of halogens is 5. The van der Waals surface area contributed by atoms with Crippen molar-refractivity contribution >= 4 is 38.1 Å². The molecule has 0 atom stereocenters. The van der Waals surface area contributed by atoms with Crippen molar-refractivity contribution in [3.63, 3.8) is 0 Å². The highest BCUT2D eigenvalue weighted by atomic mass is 79.9. The Labute approximate surface area is 101 Å². The van der Waals surface area contributed by atoms with E-state index in [0.717, 1.165) is 6.07 Å². The minimum absolute atomic E-state index is 0.00623. The number of hydrogen-bond donors (Lipinski definition) is 0. The van der Waals surface area contributed by atoms with Gasteiger partial charge in [-0.1, -0.05) is 44.0 Å². The largest absolute Gasteiger partial charge is 0.416 e. The zero-order valence-electron chi connectivity index (χ0n) is 7.18. The first-order chi connectivity index (χ1) is 6.86. The van der Waals surface area contributed by atoms with Gasteiger partial charge in [0.15, 0.2) is 0 Å². The molecule has 0 unspecified atom stereocenters. The standard InChI is InChI=1S/C9H5Br2F3O/c10-8(11)6-2-1-5(4-15)3-7(6)9(12,13)14/h1-4,8H. The minimum atomic E-state index is -4.46. The van der Waals surface area contributed by atoms with Crippen LogP contribution in [0.3, 0.4) is 0 Å². The molecule has 0 fully saturated rings. The smallest absolute Gasteiger partial charge is 0.298 e. The minimum Gasteiger partial charge on any atom is -0.298 e. The summed E-state index contributed by atoms with van der Waals surface area (Å²) in [7, 11) is 0. The second-order valence-electron chi connectivity index (χ2n) is 2.76. The fraction of sp³-hybridized carbons (Fsp3) is 0.222. The van der Waals surface area contributed by atoms with E-state index >= 15 is 0 Å². The molecule has 0 heterocycles. The quantitative estimate of drug-likeness (QED) is 0.576. The molecule has 0 aromatic heterocycles. The number of aldehydes is 1. The molecule has 6 heteroatoms. The van der Waals surface area contributed by atoms with E-state index in [1.807, 2.05) is 0 Å². The number of carbonyl (C=O) groups excluding carboxylic acids is 1. The van der Waals surface area contributed by atoms with E-state index in [1.165, 1.54) is 12.1 Å². The zero-order chi connectivity index (χ0) is 11.6. The molecule has 15 heavy (non-hydrogen) atoms. The maximum Gasteiger partial charge on any atom is 0.416 e. The van der Waals surface area contributed by atoms with Crippen LogP contribution in [0.5, 0.6) is 0 Å². The Morgan fingerprint density at radius 1 is 1.27 bits per heavy atom. The summed E-state index contributed by atoms with van der Waals surface area (Å²) in [6, 6.07) is 3.44. The molecule has 1 rings (SSSR count). The predicted octanol–water partition coefficient (Wildman–Crippen LogP) is 4.31. The number of hydrogen-bond acceptors (Lipinski definition) is 1. The topological polar surface area (TPSA) is 17.1 Å². The summed E-state index contributed by atoms with van der Waals surface area (Å²) >= 11 is 6.00. The van der Waals surface area contributed by atoms with Gasteiger partial charge in [-0.25, -0.2) is 0 Å². The summed E-state index contributed by atoms with van der Waals surface area (Å²) in [4.78, 5) is 10.4. The van der Waals surface area contributed by atoms with Gasteiger partial charge < -0.3 is 0 Å². The molecule has 1 aromatic rings. The lowest BCUT2D eigenvalue weighted by Crippen LogP contribution is -2.09. The van der Waals surface area contributed by atoms with Gasteiger partial charge >= 0.3 is 6.18 Å². The molecule has 1 nitrogen and oxygen atoms in total. The van der Waals surface area contributed by atoms with Gasteiger partial charge in [0.25, 0.3) is 0 Å². The van der Waals surface area contributed by atoms with Crippen LogP contribution >= 0.6 is 31.9 Å². The second-order valence-corrected chi connectivity index (χ2v) is 5.82. The third kappa shape index (κ3) is 3.04. The zero-order valence-corrected chi connectivity index (χ0v) is 10.4. The highest BCUT2D eigenvalue weighted by Crippen LogP contribution is 2.40. The molecule has 0 aliphatic rings. The normalized spacial score (nSPS) is 11.9. The summed E-state index contributed by atoms with van der Waals surface area (Å²) < 4.78 is 37.1. The Morgan fingerprint density at radius 2 is 1.87 bits per heavy atom. The summed E-state index contributed by atoms with van der Waals surface area (Å²) in [5, 5.41) is 0. The molecule has 0 bridgehead atoms. The molecule has 0 spiro atoms. The molecule has 0 saturated carbocycles. The van der Waals surface area contributed by atoms with E-state index in [0.29, 0.717) is 6.29 Å².